The zero-order valence-electron chi connectivity index (χ0n) is 10.9. The summed E-state index contributed by atoms with van der Waals surface area (Å²) in [5, 5.41) is 3.65. The first-order valence-electron chi connectivity index (χ1n) is 6.71. The summed E-state index contributed by atoms with van der Waals surface area (Å²) in [5.41, 5.74) is 0. The van der Waals surface area contributed by atoms with Gasteiger partial charge in [0.15, 0.2) is 0 Å². The van der Waals surface area contributed by atoms with Crippen molar-refractivity contribution in [3.8, 4) is 0 Å². The van der Waals surface area contributed by atoms with Gasteiger partial charge in [-0.2, -0.15) is 11.8 Å². The van der Waals surface area contributed by atoms with Crippen LogP contribution in [0.25, 0.3) is 0 Å². The summed E-state index contributed by atoms with van der Waals surface area (Å²) in [6.07, 6.45) is 4.18. The summed E-state index contributed by atoms with van der Waals surface area (Å²) in [6, 6.07) is 2.38. The lowest BCUT2D eigenvalue weighted by molar-refractivity contribution is 0.152. The number of hydrogen-bond acceptors (Lipinski definition) is 3. The van der Waals surface area contributed by atoms with E-state index in [1.54, 1.807) is 0 Å². The zero-order valence-corrected chi connectivity index (χ0v) is 11.7. The highest BCUT2D eigenvalue weighted by atomic mass is 32.2. The molecule has 3 atom stereocenters. The van der Waals surface area contributed by atoms with E-state index in [1.165, 1.54) is 37.3 Å². The van der Waals surface area contributed by atoms with Gasteiger partial charge < -0.3 is 5.32 Å². The maximum Gasteiger partial charge on any atom is 0.0194 e. The first kappa shape index (κ1) is 12.7. The fourth-order valence-electron chi connectivity index (χ4n) is 2.39. The van der Waals surface area contributed by atoms with Crippen molar-refractivity contribution >= 4 is 11.8 Å². The van der Waals surface area contributed by atoms with Crippen molar-refractivity contribution < 1.29 is 0 Å². The molecule has 16 heavy (non-hydrogen) atoms. The molecule has 1 N–H and O–H groups in total. The molecule has 0 bridgehead atoms. The monoisotopic (exact) mass is 242 g/mol. The van der Waals surface area contributed by atoms with E-state index in [-0.39, 0.29) is 0 Å². The van der Waals surface area contributed by atoms with Crippen molar-refractivity contribution in [2.45, 2.75) is 51.2 Å². The van der Waals surface area contributed by atoms with Crippen molar-refractivity contribution in [3.05, 3.63) is 0 Å². The van der Waals surface area contributed by atoms with Crippen LogP contribution < -0.4 is 5.32 Å². The molecule has 0 aromatic rings. The van der Waals surface area contributed by atoms with Crippen LogP contribution in [0.3, 0.4) is 0 Å². The molecule has 1 saturated carbocycles. The smallest absolute Gasteiger partial charge is 0.0194 e. The van der Waals surface area contributed by atoms with Crippen LogP contribution in [0.5, 0.6) is 0 Å². The molecule has 3 unspecified atom stereocenters. The Morgan fingerprint density at radius 2 is 2.06 bits per heavy atom. The SMILES string of the molecule is CC(CNC1CC1)C(C)N(C)C1CCSC1. The first-order chi connectivity index (χ1) is 7.68. The molecule has 1 heterocycles. The third kappa shape index (κ3) is 3.38. The van der Waals surface area contributed by atoms with Crippen LogP contribution in [-0.4, -0.2) is 48.1 Å². The average molecular weight is 242 g/mol. The van der Waals surface area contributed by atoms with Gasteiger partial charge in [0.25, 0.3) is 0 Å². The van der Waals surface area contributed by atoms with Gasteiger partial charge in [-0.1, -0.05) is 6.92 Å². The Labute approximate surface area is 105 Å². The Morgan fingerprint density at radius 1 is 1.31 bits per heavy atom. The number of nitrogens with zero attached hydrogens (tertiary/aromatic N) is 1. The minimum Gasteiger partial charge on any atom is -0.314 e. The number of nitrogens with one attached hydrogen (secondary N) is 1. The van der Waals surface area contributed by atoms with E-state index in [0.717, 1.165) is 18.0 Å². The number of thioether (sulfide) groups is 1. The highest BCUT2D eigenvalue weighted by Gasteiger charge is 2.27. The Kier molecular flexibility index (Phi) is 4.57. The largest absolute Gasteiger partial charge is 0.314 e. The molecule has 0 amide bonds. The van der Waals surface area contributed by atoms with Crippen LogP contribution in [0.2, 0.25) is 0 Å². The van der Waals surface area contributed by atoms with Crippen LogP contribution in [0.4, 0.5) is 0 Å². The van der Waals surface area contributed by atoms with E-state index in [1.807, 2.05) is 0 Å². The zero-order chi connectivity index (χ0) is 11.5. The Balaban J connectivity index is 1.72. The topological polar surface area (TPSA) is 15.3 Å². The van der Waals surface area contributed by atoms with Gasteiger partial charge in [0.1, 0.15) is 0 Å². The molecular formula is C13H26N2S. The Bertz CT molecular complexity index is 212. The van der Waals surface area contributed by atoms with Crippen LogP contribution in [0.15, 0.2) is 0 Å². The minimum atomic E-state index is 0.704. The highest BCUT2D eigenvalue weighted by molar-refractivity contribution is 7.99. The fraction of sp³-hybridized carbons (Fsp3) is 1.00. The predicted molar refractivity (Wildman–Crippen MR) is 73.1 cm³/mol. The van der Waals surface area contributed by atoms with Crippen LogP contribution >= 0.6 is 11.8 Å². The normalized spacial score (nSPS) is 29.6. The van der Waals surface area contributed by atoms with E-state index in [9.17, 15) is 0 Å². The summed E-state index contributed by atoms with van der Waals surface area (Å²) in [7, 11) is 2.31. The molecule has 3 heteroatoms. The van der Waals surface area contributed by atoms with E-state index in [4.69, 9.17) is 0 Å². The van der Waals surface area contributed by atoms with Gasteiger partial charge in [-0.25, -0.2) is 0 Å². The number of rotatable bonds is 6. The van der Waals surface area contributed by atoms with E-state index in [0.29, 0.717) is 6.04 Å². The molecule has 0 aromatic heterocycles. The highest BCUT2D eigenvalue weighted by Crippen LogP contribution is 2.25. The third-order valence-corrected chi connectivity index (χ3v) is 5.40. The molecule has 0 spiro atoms. The fourth-order valence-corrected chi connectivity index (χ4v) is 3.67. The minimum absolute atomic E-state index is 0.704. The summed E-state index contributed by atoms with van der Waals surface area (Å²) >= 11 is 2.11. The van der Waals surface area contributed by atoms with Crippen molar-refractivity contribution in [1.82, 2.24) is 10.2 Å². The lowest BCUT2D eigenvalue weighted by Crippen LogP contribution is -2.44. The van der Waals surface area contributed by atoms with Crippen molar-refractivity contribution in [2.24, 2.45) is 5.92 Å². The quantitative estimate of drug-likeness (QED) is 0.769. The molecule has 2 aliphatic rings. The maximum absolute atomic E-state index is 3.65. The van der Waals surface area contributed by atoms with Crippen molar-refractivity contribution in [1.29, 1.82) is 0 Å². The van der Waals surface area contributed by atoms with E-state index in [2.05, 4.69) is 42.9 Å². The molecule has 2 rings (SSSR count). The van der Waals surface area contributed by atoms with Crippen LogP contribution in [0, 0.1) is 5.92 Å². The van der Waals surface area contributed by atoms with Gasteiger partial charge in [0.2, 0.25) is 0 Å². The molecule has 94 valence electrons. The van der Waals surface area contributed by atoms with Gasteiger partial charge in [-0.3, -0.25) is 4.90 Å². The molecule has 1 aliphatic carbocycles. The summed E-state index contributed by atoms with van der Waals surface area (Å²) in [4.78, 5) is 2.61. The van der Waals surface area contributed by atoms with Crippen LogP contribution in [-0.2, 0) is 0 Å². The summed E-state index contributed by atoms with van der Waals surface area (Å²) in [6.45, 7) is 5.97. The first-order valence-corrected chi connectivity index (χ1v) is 7.87. The second-order valence-electron chi connectivity index (χ2n) is 5.58. The standard InChI is InChI=1S/C13H26N2S/c1-10(8-14-12-4-5-12)11(2)15(3)13-6-7-16-9-13/h10-14H,4-9H2,1-3H3. The Morgan fingerprint density at radius 3 is 2.62 bits per heavy atom. The summed E-state index contributed by atoms with van der Waals surface area (Å²) < 4.78 is 0. The second-order valence-corrected chi connectivity index (χ2v) is 6.73. The van der Waals surface area contributed by atoms with Crippen LogP contribution in [0.1, 0.15) is 33.1 Å². The molecule has 1 saturated heterocycles. The molecule has 2 nitrogen and oxygen atoms in total. The molecule has 0 radical (unpaired) electrons. The average Bonchev–Trinajstić information content (AvgIpc) is 2.96. The Hall–Kier alpha value is 0.270. The lowest BCUT2D eigenvalue weighted by Gasteiger charge is -2.34. The van der Waals surface area contributed by atoms with Gasteiger partial charge in [0, 0.05) is 23.9 Å². The molecular weight excluding hydrogens is 216 g/mol. The summed E-state index contributed by atoms with van der Waals surface area (Å²) in [5.74, 6) is 3.45. The molecule has 1 aliphatic heterocycles. The lowest BCUT2D eigenvalue weighted by atomic mass is 10.0. The van der Waals surface area contributed by atoms with Gasteiger partial charge in [0.05, 0.1) is 0 Å². The van der Waals surface area contributed by atoms with E-state index >= 15 is 0 Å². The second kappa shape index (κ2) is 5.74. The molecule has 0 aromatic carbocycles. The van der Waals surface area contributed by atoms with Gasteiger partial charge in [-0.05, 0) is 51.4 Å². The van der Waals surface area contributed by atoms with Gasteiger partial charge >= 0.3 is 0 Å². The number of hydrogen-bond donors (Lipinski definition) is 1. The van der Waals surface area contributed by atoms with Crippen molar-refractivity contribution in [3.63, 3.8) is 0 Å². The van der Waals surface area contributed by atoms with E-state index < -0.39 is 0 Å². The predicted octanol–water partition coefficient (Wildman–Crippen LogP) is 2.20. The van der Waals surface area contributed by atoms with Crippen molar-refractivity contribution in [2.75, 3.05) is 25.1 Å². The molecule has 2 fully saturated rings. The third-order valence-electron chi connectivity index (χ3n) is 4.25. The van der Waals surface area contributed by atoms with Gasteiger partial charge in [-0.15, -0.1) is 0 Å². The maximum atomic E-state index is 3.65.